The number of nitrogens with one attached hydrogen (secondary N) is 6. The first-order chi connectivity index (χ1) is 43.9. The van der Waals surface area contributed by atoms with Gasteiger partial charge in [0.15, 0.2) is 11.4 Å². The van der Waals surface area contributed by atoms with E-state index in [2.05, 4.69) is 36.9 Å². The summed E-state index contributed by atoms with van der Waals surface area (Å²) in [6.07, 6.45) is 1.23. The summed E-state index contributed by atoms with van der Waals surface area (Å²) in [6, 6.07) is 18.8. The third kappa shape index (κ3) is 18.5. The number of nitrogens with zero attached hydrogens (tertiary/aromatic N) is 7. The van der Waals surface area contributed by atoms with Gasteiger partial charge in [0.05, 0.1) is 31.7 Å². The van der Waals surface area contributed by atoms with Crippen LogP contribution < -0.4 is 36.6 Å². The maximum absolute atomic E-state index is 15.1. The number of pyridine rings is 1. The zero-order chi connectivity index (χ0) is 66.8. The summed E-state index contributed by atoms with van der Waals surface area (Å²) >= 11 is 0. The summed E-state index contributed by atoms with van der Waals surface area (Å²) in [5.41, 5.74) is 1.69. The molecule has 0 unspecified atom stereocenters. The van der Waals surface area contributed by atoms with E-state index in [-0.39, 0.29) is 50.6 Å². The third-order valence-electron chi connectivity index (χ3n) is 16.5. The number of likely N-dealkylation sites (N-methyl/N-ethyl adjacent to an activating group) is 4. The summed E-state index contributed by atoms with van der Waals surface area (Å²) in [5, 5.41) is 16.6. The van der Waals surface area contributed by atoms with Crippen molar-refractivity contribution < 1.29 is 67.0 Å². The van der Waals surface area contributed by atoms with Gasteiger partial charge >= 0.3 is 6.09 Å². The van der Waals surface area contributed by atoms with Crippen LogP contribution in [0, 0.1) is 11.8 Å². The van der Waals surface area contributed by atoms with E-state index in [1.54, 1.807) is 88.4 Å². The average Bonchev–Trinajstić information content (AvgIpc) is 0.931. The summed E-state index contributed by atoms with van der Waals surface area (Å²) in [5.74, 6) is -9.06. The fourth-order valence-electron chi connectivity index (χ4n) is 11.4. The molecule has 3 saturated heterocycles. The SMILES string of the molecule is CC(C)[C@H]1C(=O)NC[C@@H](NC(=O)c2nc3ccccc3cc2OCc2ccccc2)C(=O)N2CCCC[C@H]2C(=O)NCC(=O)N(C)CC(=O)N(C)[C@@H](C(C)C)C(=O)NC[C@@H](NC(=O)OCc2ccccc2)C(=O)N2CCCC[C@H]2C(=O)NCC(=O)N(C)CC(=O)N1C. The molecule has 92 heavy (non-hydrogen) atoms. The first-order valence-electron chi connectivity index (χ1n) is 31.0. The van der Waals surface area contributed by atoms with Crippen molar-refractivity contribution in [3.8, 4) is 5.75 Å². The zero-order valence-corrected chi connectivity index (χ0v) is 53.4. The Bertz CT molecular complexity index is 3330. The number of alkyl carbamates (subject to hydrolysis) is 1. The van der Waals surface area contributed by atoms with Gasteiger partial charge in [-0.05, 0) is 73.6 Å². The summed E-state index contributed by atoms with van der Waals surface area (Å²) < 4.78 is 11.7. The number of carbonyl (C=O) groups excluding carboxylic acids is 12. The predicted octanol–water partition coefficient (Wildman–Crippen LogP) is 1.33. The van der Waals surface area contributed by atoms with E-state index in [1.165, 1.54) is 38.0 Å². The highest BCUT2D eigenvalue weighted by atomic mass is 16.5. The van der Waals surface area contributed by atoms with Gasteiger partial charge in [-0.1, -0.05) is 107 Å². The first kappa shape index (κ1) is 69.8. The van der Waals surface area contributed by atoms with Crippen LogP contribution in [0.4, 0.5) is 4.79 Å². The average molecular weight is 1270 g/mol. The van der Waals surface area contributed by atoms with Gasteiger partial charge < -0.3 is 70.8 Å². The predicted molar refractivity (Wildman–Crippen MR) is 336 cm³/mol. The van der Waals surface area contributed by atoms with E-state index in [4.69, 9.17) is 9.47 Å². The second-order valence-electron chi connectivity index (χ2n) is 24.0. The molecule has 0 saturated carbocycles. The third-order valence-corrected chi connectivity index (χ3v) is 16.5. The van der Waals surface area contributed by atoms with Gasteiger partial charge in [-0.3, -0.25) is 52.7 Å². The van der Waals surface area contributed by atoms with Crippen molar-refractivity contribution in [1.29, 1.82) is 0 Å². The Morgan fingerprint density at radius 3 is 1.47 bits per heavy atom. The molecule has 27 heteroatoms. The second kappa shape index (κ2) is 32.9. The van der Waals surface area contributed by atoms with Gasteiger partial charge in [0, 0.05) is 59.8 Å². The monoisotopic (exact) mass is 1270 g/mol. The molecule has 4 heterocycles. The largest absolute Gasteiger partial charge is 0.486 e. The van der Waals surface area contributed by atoms with Gasteiger partial charge in [-0.15, -0.1) is 0 Å². The molecular formula is C65H85N13O14. The lowest BCUT2D eigenvalue weighted by Crippen LogP contribution is -2.61. The van der Waals surface area contributed by atoms with Crippen LogP contribution in [0.25, 0.3) is 10.9 Å². The molecule has 27 nitrogen and oxygen atoms in total. The number of rotatable bonds is 10. The van der Waals surface area contributed by atoms with Crippen LogP contribution in [0.1, 0.15) is 87.8 Å². The van der Waals surface area contributed by atoms with Gasteiger partial charge in [0.2, 0.25) is 59.1 Å². The minimum absolute atomic E-state index is 0.0335. The molecule has 3 aliphatic rings. The first-order valence-corrected chi connectivity index (χ1v) is 31.0. The van der Waals surface area contributed by atoms with Crippen LogP contribution >= 0.6 is 0 Å². The maximum Gasteiger partial charge on any atom is 0.408 e. The number of ether oxygens (including phenoxy) is 2. The number of hydrogen-bond donors (Lipinski definition) is 6. The van der Waals surface area contributed by atoms with Crippen LogP contribution in [0.5, 0.6) is 5.75 Å². The highest BCUT2D eigenvalue weighted by Crippen LogP contribution is 2.26. The Balaban J connectivity index is 1.17. The number of amides is 12. The van der Waals surface area contributed by atoms with Gasteiger partial charge in [-0.2, -0.15) is 0 Å². The molecule has 6 N–H and O–H groups in total. The van der Waals surface area contributed by atoms with E-state index in [1.807, 2.05) is 30.3 Å². The van der Waals surface area contributed by atoms with Crippen LogP contribution in [0.15, 0.2) is 91.0 Å². The lowest BCUT2D eigenvalue weighted by atomic mass is 9.99. The summed E-state index contributed by atoms with van der Waals surface area (Å²) in [6.45, 7) is 3.31. The Kier molecular flexibility index (Phi) is 24.9. The van der Waals surface area contributed by atoms with Gasteiger partial charge in [0.1, 0.15) is 49.5 Å². The van der Waals surface area contributed by atoms with Crippen molar-refractivity contribution >= 4 is 82.0 Å². The molecule has 6 atom stereocenters. The van der Waals surface area contributed by atoms with Crippen LogP contribution in [0.3, 0.4) is 0 Å². The van der Waals surface area contributed by atoms with Crippen molar-refractivity contribution in [1.82, 2.24) is 66.3 Å². The minimum Gasteiger partial charge on any atom is -0.486 e. The van der Waals surface area contributed by atoms with Crippen molar-refractivity contribution in [3.63, 3.8) is 0 Å². The van der Waals surface area contributed by atoms with E-state index < -0.39 is 158 Å². The number of aromatic nitrogens is 1. The standard InChI is InChI=1S/C65H85N13O14/c1-40(2)56-61(86)66-32-46(71-60(85)55-50(91-38-42-21-11-9-12-22-42)31-44-25-15-16-26-45(44)70-55)63(88)77-29-19-17-27-48(77)58(83)68-34-51(79)74(6)37-54(82)76(8)57(41(3)4)62(87)67-33-47(72-65(90)92-39-43-23-13-10-14-24-43)64(89)78-30-20-18-28-49(78)59(84)69-35-52(80)73(5)36-53(81)75(56)7/h9-16,21-26,31,40-41,46-49,56-57H,17-20,27-30,32-39H2,1-8H3,(H,66,86)(H,67,87)(H,68,83)(H,69,84)(H,71,85)(H,72,90)/t46-,47-,48+,49+,56+,57+/m1/s1. The Labute approximate surface area is 535 Å². The lowest BCUT2D eigenvalue weighted by Gasteiger charge is -2.37. The van der Waals surface area contributed by atoms with Crippen LogP contribution in [0.2, 0.25) is 0 Å². The number of carbonyl (C=O) groups is 12. The fourth-order valence-corrected chi connectivity index (χ4v) is 11.4. The molecular weight excluding hydrogens is 1190 g/mol. The van der Waals surface area contributed by atoms with Gasteiger partial charge in [-0.25, -0.2) is 9.78 Å². The minimum atomic E-state index is -1.57. The molecule has 3 fully saturated rings. The Morgan fingerprint density at radius 2 is 0.989 bits per heavy atom. The second-order valence-corrected chi connectivity index (χ2v) is 24.0. The smallest absolute Gasteiger partial charge is 0.408 e. The highest BCUT2D eigenvalue weighted by Gasteiger charge is 2.41. The number of hydrogen-bond acceptors (Lipinski definition) is 15. The molecule has 0 spiro atoms. The molecule has 12 amide bonds. The Morgan fingerprint density at radius 1 is 0.543 bits per heavy atom. The Hall–Kier alpha value is -9.69. The molecule has 3 aliphatic heterocycles. The van der Waals surface area contributed by atoms with Crippen molar-refractivity contribution in [2.75, 3.05) is 80.5 Å². The molecule has 0 radical (unpaired) electrons. The summed E-state index contributed by atoms with van der Waals surface area (Å²) in [7, 11) is 5.40. The van der Waals surface area contributed by atoms with Crippen LogP contribution in [-0.4, -0.2) is 222 Å². The lowest BCUT2D eigenvalue weighted by molar-refractivity contribution is -0.146. The molecule has 1 aromatic heterocycles. The molecule has 494 valence electrons. The quantitative estimate of drug-likeness (QED) is 0.131. The van der Waals surface area contributed by atoms with Crippen LogP contribution in [-0.2, 0) is 65.9 Å². The van der Waals surface area contributed by atoms with Crippen molar-refractivity contribution in [2.24, 2.45) is 11.8 Å². The highest BCUT2D eigenvalue weighted by molar-refractivity contribution is 6.02. The van der Waals surface area contributed by atoms with E-state index in [0.29, 0.717) is 42.1 Å². The summed E-state index contributed by atoms with van der Waals surface area (Å²) in [4.78, 5) is 182. The van der Waals surface area contributed by atoms with E-state index in [9.17, 15) is 52.7 Å². The topological polar surface area (TPSA) is 328 Å². The molecule has 7 rings (SSSR count). The molecule has 0 bridgehead atoms. The molecule has 4 aromatic rings. The van der Waals surface area contributed by atoms with E-state index >= 15 is 4.79 Å². The molecule has 3 aromatic carbocycles. The zero-order valence-electron chi connectivity index (χ0n) is 53.4. The number of piperidine rings is 2. The number of para-hydroxylation sites is 1. The fraction of sp³-hybridized carbons (Fsp3) is 0.492. The van der Waals surface area contributed by atoms with E-state index in [0.717, 1.165) is 25.2 Å². The number of fused-ring (bicyclic) bond motifs is 3. The molecule has 0 aliphatic carbocycles. The number of benzene rings is 3. The van der Waals surface area contributed by atoms with Crippen molar-refractivity contribution in [2.45, 2.75) is 116 Å². The normalized spacial score (nSPS) is 22.3. The maximum atomic E-state index is 15.1. The van der Waals surface area contributed by atoms with Gasteiger partial charge in [0.25, 0.3) is 5.91 Å². The van der Waals surface area contributed by atoms with Crippen molar-refractivity contribution in [3.05, 3.63) is 108 Å².